The molecule has 0 spiro atoms. The Balaban J connectivity index is 2.16. The Morgan fingerprint density at radius 3 is 2.41 bits per heavy atom. The lowest BCUT2D eigenvalue weighted by molar-refractivity contribution is -0.150. The molecular formula is C22H32N4O5S. The van der Waals surface area contributed by atoms with Crippen LogP contribution < -0.4 is 27.3 Å². The highest BCUT2D eigenvalue weighted by molar-refractivity contribution is 7.80. The highest BCUT2D eigenvalue weighted by Gasteiger charge is 2.48. The monoisotopic (exact) mass is 464 g/mol. The van der Waals surface area contributed by atoms with Crippen molar-refractivity contribution in [2.45, 2.75) is 56.5 Å². The van der Waals surface area contributed by atoms with Crippen molar-refractivity contribution >= 4 is 28.9 Å². The minimum absolute atomic E-state index is 0.0222. The summed E-state index contributed by atoms with van der Waals surface area (Å²) in [6, 6.07) is 4.92. The normalized spacial score (nSPS) is 29.1. The highest BCUT2D eigenvalue weighted by Crippen LogP contribution is 2.48. The van der Waals surface area contributed by atoms with Crippen LogP contribution in [0.4, 0.5) is 5.69 Å². The van der Waals surface area contributed by atoms with Gasteiger partial charge in [0.05, 0.1) is 18.2 Å². The fourth-order valence-corrected chi connectivity index (χ4v) is 5.26. The number of anilines is 1. The summed E-state index contributed by atoms with van der Waals surface area (Å²) in [5.41, 5.74) is 12.6. The summed E-state index contributed by atoms with van der Waals surface area (Å²) < 4.78 is 17.5. The Hall–Kier alpha value is -2.27. The van der Waals surface area contributed by atoms with Gasteiger partial charge in [0.2, 0.25) is 11.3 Å². The minimum atomic E-state index is -0.288. The Kier molecular flexibility index (Phi) is 8.05. The van der Waals surface area contributed by atoms with Crippen LogP contribution in [0, 0.1) is 5.92 Å². The number of thiocarbonyl (C=S) groups is 1. The van der Waals surface area contributed by atoms with E-state index in [2.05, 4.69) is 16.2 Å². The second-order valence-corrected chi connectivity index (χ2v) is 8.75. The number of hydrogen-bond donors (Lipinski definition) is 4. The van der Waals surface area contributed by atoms with Crippen molar-refractivity contribution in [3.05, 3.63) is 39.5 Å². The Bertz CT molecular complexity index is 914. The van der Waals surface area contributed by atoms with E-state index in [-0.39, 0.29) is 52.6 Å². The lowest BCUT2D eigenvalue weighted by Crippen LogP contribution is -2.51. The number of hydrazine groups is 1. The van der Waals surface area contributed by atoms with Crippen molar-refractivity contribution in [2.24, 2.45) is 11.7 Å². The van der Waals surface area contributed by atoms with Gasteiger partial charge in [-0.25, -0.2) is 0 Å². The lowest BCUT2D eigenvalue weighted by Gasteiger charge is -2.45. The number of methoxy groups -OCH3 is 3. The summed E-state index contributed by atoms with van der Waals surface area (Å²) in [4.78, 5) is 25.0. The average Bonchev–Trinajstić information content (AvgIpc) is 2.99. The fourth-order valence-electron chi connectivity index (χ4n) is 5.21. The second kappa shape index (κ2) is 10.6. The molecule has 1 aromatic rings. The molecule has 1 saturated carbocycles. The van der Waals surface area contributed by atoms with E-state index in [4.69, 9.17) is 32.2 Å². The molecule has 0 bridgehead atoms. The SMILES string of the molecule is COC1CC2CC[C@H](NC(C)=O)c3cc(=O)c(NNC(N)=S)ccc3C2C(OC)C1OC. The molecule has 0 heterocycles. The second-order valence-electron chi connectivity index (χ2n) is 8.31. The average molecular weight is 465 g/mol. The van der Waals surface area contributed by atoms with Crippen molar-refractivity contribution in [3.8, 4) is 0 Å². The van der Waals surface area contributed by atoms with Crippen molar-refractivity contribution < 1.29 is 19.0 Å². The van der Waals surface area contributed by atoms with Gasteiger partial charge >= 0.3 is 0 Å². The van der Waals surface area contributed by atoms with Gasteiger partial charge in [-0.2, -0.15) is 0 Å². The molecule has 0 radical (unpaired) electrons. The maximum Gasteiger partial charge on any atom is 0.217 e. The summed E-state index contributed by atoms with van der Waals surface area (Å²) >= 11 is 4.82. The first kappa shape index (κ1) is 24.4. The van der Waals surface area contributed by atoms with E-state index in [1.54, 1.807) is 33.5 Å². The first-order chi connectivity index (χ1) is 15.3. The summed E-state index contributed by atoms with van der Waals surface area (Å²) in [6.45, 7) is 1.48. The van der Waals surface area contributed by atoms with Crippen LogP contribution in [0.25, 0.3) is 0 Å². The van der Waals surface area contributed by atoms with Gasteiger partial charge in [0.1, 0.15) is 11.8 Å². The molecule has 10 heteroatoms. The van der Waals surface area contributed by atoms with Crippen LogP contribution in [-0.2, 0) is 19.0 Å². The van der Waals surface area contributed by atoms with Crippen LogP contribution in [-0.4, -0.2) is 50.7 Å². The lowest BCUT2D eigenvalue weighted by atomic mass is 9.70. The number of carbonyl (C=O) groups excluding carboxylic acids is 1. The molecule has 1 amide bonds. The van der Waals surface area contributed by atoms with Crippen LogP contribution in [0.15, 0.2) is 23.0 Å². The van der Waals surface area contributed by atoms with Crippen LogP contribution in [0.5, 0.6) is 0 Å². The summed E-state index contributed by atoms with van der Waals surface area (Å²) in [5, 5.41) is 3.05. The number of nitrogens with one attached hydrogen (secondary N) is 3. The third kappa shape index (κ3) is 5.03. The molecule has 0 aliphatic heterocycles. The highest BCUT2D eigenvalue weighted by atomic mass is 32.1. The molecule has 32 heavy (non-hydrogen) atoms. The number of rotatable bonds is 6. The molecule has 2 aliphatic rings. The van der Waals surface area contributed by atoms with Gasteiger partial charge in [-0.15, -0.1) is 0 Å². The van der Waals surface area contributed by atoms with E-state index in [0.29, 0.717) is 12.1 Å². The van der Waals surface area contributed by atoms with Crippen LogP contribution in [0.3, 0.4) is 0 Å². The van der Waals surface area contributed by atoms with Gasteiger partial charge < -0.3 is 25.3 Å². The number of fused-ring (bicyclic) bond motifs is 3. The number of amides is 1. The molecule has 3 rings (SSSR count). The van der Waals surface area contributed by atoms with E-state index in [0.717, 1.165) is 24.0 Å². The van der Waals surface area contributed by atoms with E-state index in [9.17, 15) is 9.59 Å². The Labute approximate surface area is 193 Å². The summed E-state index contributed by atoms with van der Waals surface area (Å²) in [5.74, 6) is 0.0527. The summed E-state index contributed by atoms with van der Waals surface area (Å²) in [6.07, 6.45) is 1.71. The Morgan fingerprint density at radius 1 is 1.09 bits per heavy atom. The van der Waals surface area contributed by atoms with E-state index >= 15 is 0 Å². The van der Waals surface area contributed by atoms with Gasteiger partial charge in [0, 0.05) is 34.2 Å². The van der Waals surface area contributed by atoms with Crippen molar-refractivity contribution in [1.29, 1.82) is 0 Å². The van der Waals surface area contributed by atoms with Gasteiger partial charge in [-0.3, -0.25) is 20.4 Å². The third-order valence-corrected chi connectivity index (χ3v) is 6.61. The molecule has 1 fully saturated rings. The molecule has 1 aromatic carbocycles. The number of ether oxygens (including phenoxy) is 3. The zero-order valence-corrected chi connectivity index (χ0v) is 19.7. The molecule has 2 aliphatic carbocycles. The molecule has 5 unspecified atom stereocenters. The largest absolute Gasteiger partial charge is 0.379 e. The minimum Gasteiger partial charge on any atom is -0.379 e. The van der Waals surface area contributed by atoms with Crippen LogP contribution >= 0.6 is 12.2 Å². The van der Waals surface area contributed by atoms with Crippen molar-refractivity contribution in [3.63, 3.8) is 0 Å². The predicted molar refractivity (Wildman–Crippen MR) is 125 cm³/mol. The van der Waals surface area contributed by atoms with Crippen LogP contribution in [0.2, 0.25) is 0 Å². The van der Waals surface area contributed by atoms with Gasteiger partial charge in [-0.1, -0.05) is 6.07 Å². The first-order valence-electron chi connectivity index (χ1n) is 10.7. The molecule has 6 atom stereocenters. The molecule has 176 valence electrons. The fraction of sp³-hybridized carbons (Fsp3) is 0.591. The van der Waals surface area contributed by atoms with Gasteiger partial charge in [-0.05, 0) is 60.7 Å². The zero-order chi connectivity index (χ0) is 23.4. The molecular weight excluding hydrogens is 432 g/mol. The maximum atomic E-state index is 13.0. The molecule has 5 N–H and O–H groups in total. The number of nitrogens with two attached hydrogens (primary N) is 1. The number of hydrogen-bond acceptors (Lipinski definition) is 7. The van der Waals surface area contributed by atoms with E-state index in [1.165, 1.54) is 6.92 Å². The quantitative estimate of drug-likeness (QED) is 0.364. The van der Waals surface area contributed by atoms with Crippen molar-refractivity contribution in [1.82, 2.24) is 10.7 Å². The predicted octanol–water partition coefficient (Wildman–Crippen LogP) is 1.33. The Morgan fingerprint density at radius 2 is 1.81 bits per heavy atom. The maximum absolute atomic E-state index is 13.0. The van der Waals surface area contributed by atoms with Crippen molar-refractivity contribution in [2.75, 3.05) is 26.8 Å². The molecule has 9 nitrogen and oxygen atoms in total. The van der Waals surface area contributed by atoms with Gasteiger partial charge in [0.15, 0.2) is 5.11 Å². The standard InChI is InChI=1S/C22H32N4O5S/c1-11(27)24-15-7-5-12-9-18(29-2)20(30-3)21(31-4)19(12)13-6-8-16(25-26-22(23)32)17(28)10-14(13)15/h6,8,10,12,15,18-21H,5,7,9H2,1-4H3,(H,24,27)(H,25,28)(H3,23,26,32)/t12?,15-,18?,19?,20?,21?/m0/s1. The number of carbonyl (C=O) groups is 1. The van der Waals surface area contributed by atoms with E-state index in [1.807, 2.05) is 6.07 Å². The van der Waals surface area contributed by atoms with Gasteiger partial charge in [0.25, 0.3) is 0 Å². The molecule has 0 saturated heterocycles. The molecule has 0 aromatic heterocycles. The zero-order valence-electron chi connectivity index (χ0n) is 18.8. The smallest absolute Gasteiger partial charge is 0.217 e. The summed E-state index contributed by atoms with van der Waals surface area (Å²) in [7, 11) is 5.01. The van der Waals surface area contributed by atoms with E-state index < -0.39 is 0 Å². The first-order valence-corrected chi connectivity index (χ1v) is 11.1. The third-order valence-electron chi connectivity index (χ3n) is 6.51. The van der Waals surface area contributed by atoms with Crippen LogP contribution in [0.1, 0.15) is 49.3 Å². The topological polar surface area (TPSA) is 124 Å².